The predicted molar refractivity (Wildman–Crippen MR) is 84.9 cm³/mol. The van der Waals surface area contributed by atoms with Crippen molar-refractivity contribution >= 4 is 29.2 Å². The zero-order valence-corrected chi connectivity index (χ0v) is 13.6. The van der Waals surface area contributed by atoms with Crippen LogP contribution >= 0.6 is 11.6 Å². The van der Waals surface area contributed by atoms with E-state index in [-0.39, 0.29) is 27.8 Å². The maximum absolute atomic E-state index is 12.0. The van der Waals surface area contributed by atoms with Gasteiger partial charge in [-0.2, -0.15) is 0 Å². The third-order valence-electron chi connectivity index (χ3n) is 2.98. The molecule has 0 aliphatic heterocycles. The molecule has 1 atom stereocenters. The molecular formula is C16H22ClNO3. The van der Waals surface area contributed by atoms with Crippen LogP contribution in [-0.4, -0.2) is 17.0 Å². The van der Waals surface area contributed by atoms with Gasteiger partial charge in [0.15, 0.2) is 0 Å². The Morgan fingerprint density at radius 2 is 1.95 bits per heavy atom. The van der Waals surface area contributed by atoms with Crippen molar-refractivity contribution in [1.82, 2.24) is 0 Å². The molecule has 0 aromatic heterocycles. The first-order valence-electron chi connectivity index (χ1n) is 6.91. The van der Waals surface area contributed by atoms with Crippen LogP contribution in [0.4, 0.5) is 5.69 Å². The second-order valence-electron chi connectivity index (χ2n) is 6.62. The van der Waals surface area contributed by atoms with Crippen LogP contribution in [0.1, 0.15) is 50.9 Å². The van der Waals surface area contributed by atoms with Gasteiger partial charge in [-0.15, -0.1) is 0 Å². The lowest BCUT2D eigenvalue weighted by atomic mass is 9.84. The highest BCUT2D eigenvalue weighted by Crippen LogP contribution is 2.26. The van der Waals surface area contributed by atoms with E-state index in [2.05, 4.69) is 26.1 Å². The molecule has 0 saturated carbocycles. The van der Waals surface area contributed by atoms with Gasteiger partial charge in [0.2, 0.25) is 5.91 Å². The molecule has 0 heterocycles. The van der Waals surface area contributed by atoms with E-state index < -0.39 is 5.97 Å². The molecule has 21 heavy (non-hydrogen) atoms. The average molecular weight is 312 g/mol. The second kappa shape index (κ2) is 6.94. The Balaban J connectivity index is 2.67. The van der Waals surface area contributed by atoms with Crippen molar-refractivity contribution in [2.45, 2.75) is 40.5 Å². The van der Waals surface area contributed by atoms with E-state index in [0.29, 0.717) is 12.1 Å². The molecular weight excluding hydrogens is 290 g/mol. The van der Waals surface area contributed by atoms with Gasteiger partial charge in [0.05, 0.1) is 10.6 Å². The van der Waals surface area contributed by atoms with E-state index in [1.165, 1.54) is 12.1 Å². The van der Waals surface area contributed by atoms with Gasteiger partial charge in [-0.25, -0.2) is 4.79 Å². The van der Waals surface area contributed by atoms with Crippen LogP contribution in [0.15, 0.2) is 18.2 Å². The van der Waals surface area contributed by atoms with Gasteiger partial charge in [-0.3, -0.25) is 4.79 Å². The molecule has 4 nitrogen and oxygen atoms in total. The summed E-state index contributed by atoms with van der Waals surface area (Å²) in [5.41, 5.74) is 0.609. The van der Waals surface area contributed by atoms with Crippen LogP contribution < -0.4 is 5.32 Å². The van der Waals surface area contributed by atoms with E-state index in [1.807, 2.05) is 6.92 Å². The third kappa shape index (κ3) is 6.17. The molecule has 0 radical (unpaired) electrons. The van der Waals surface area contributed by atoms with Crippen LogP contribution in [-0.2, 0) is 4.79 Å². The molecule has 5 heteroatoms. The Morgan fingerprint density at radius 3 is 2.48 bits per heavy atom. The maximum atomic E-state index is 12.0. The number of carbonyl (C=O) groups excluding carboxylic acids is 1. The Bertz CT molecular complexity index is 535. The van der Waals surface area contributed by atoms with Gasteiger partial charge in [0, 0.05) is 12.1 Å². The fourth-order valence-corrected chi connectivity index (χ4v) is 2.61. The predicted octanol–water partition coefficient (Wildman–Crippen LogP) is 4.44. The van der Waals surface area contributed by atoms with E-state index in [4.69, 9.17) is 16.7 Å². The highest BCUT2D eigenvalue weighted by atomic mass is 35.5. The minimum Gasteiger partial charge on any atom is -0.478 e. The van der Waals surface area contributed by atoms with Gasteiger partial charge in [0.1, 0.15) is 0 Å². The Labute approximate surface area is 130 Å². The fraction of sp³-hybridized carbons (Fsp3) is 0.500. The topological polar surface area (TPSA) is 66.4 Å². The summed E-state index contributed by atoms with van der Waals surface area (Å²) in [4.78, 5) is 23.0. The highest BCUT2D eigenvalue weighted by Gasteiger charge is 2.18. The first-order chi connectivity index (χ1) is 9.58. The number of carboxylic acid groups (broad SMARTS) is 1. The van der Waals surface area contributed by atoms with E-state index in [0.717, 1.165) is 6.42 Å². The molecule has 1 aromatic carbocycles. The largest absolute Gasteiger partial charge is 0.478 e. The SMILES string of the molecule is CC(CC(=O)Nc1ccc(Cl)c(C(=O)O)c1)CC(C)(C)C. The Morgan fingerprint density at radius 1 is 1.33 bits per heavy atom. The minimum absolute atomic E-state index is 0.0165. The number of halogens is 1. The summed E-state index contributed by atoms with van der Waals surface area (Å²) in [6.07, 6.45) is 1.35. The highest BCUT2D eigenvalue weighted by molar-refractivity contribution is 6.33. The summed E-state index contributed by atoms with van der Waals surface area (Å²) in [6, 6.07) is 4.44. The molecule has 1 aromatic rings. The number of benzene rings is 1. The summed E-state index contributed by atoms with van der Waals surface area (Å²) in [5, 5.41) is 11.9. The number of aromatic carboxylic acids is 1. The van der Waals surface area contributed by atoms with Crippen molar-refractivity contribution in [1.29, 1.82) is 0 Å². The number of hydrogen-bond acceptors (Lipinski definition) is 2. The van der Waals surface area contributed by atoms with E-state index in [9.17, 15) is 9.59 Å². The fourth-order valence-electron chi connectivity index (χ4n) is 2.41. The molecule has 1 amide bonds. The normalized spacial score (nSPS) is 12.8. The molecule has 0 saturated heterocycles. The van der Waals surface area contributed by atoms with Crippen molar-refractivity contribution in [3.05, 3.63) is 28.8 Å². The Kier molecular flexibility index (Phi) is 5.78. The second-order valence-corrected chi connectivity index (χ2v) is 7.03. The van der Waals surface area contributed by atoms with Gasteiger partial charge in [-0.05, 0) is 36.0 Å². The molecule has 0 aliphatic carbocycles. The maximum Gasteiger partial charge on any atom is 0.337 e. The summed E-state index contributed by atoms with van der Waals surface area (Å²) in [7, 11) is 0. The number of carbonyl (C=O) groups is 2. The van der Waals surface area contributed by atoms with E-state index in [1.54, 1.807) is 6.07 Å². The molecule has 0 aliphatic rings. The smallest absolute Gasteiger partial charge is 0.337 e. The third-order valence-corrected chi connectivity index (χ3v) is 3.30. The van der Waals surface area contributed by atoms with Crippen molar-refractivity contribution in [2.75, 3.05) is 5.32 Å². The quantitative estimate of drug-likeness (QED) is 0.844. The van der Waals surface area contributed by atoms with Crippen LogP contribution in [0, 0.1) is 11.3 Å². The van der Waals surface area contributed by atoms with Crippen molar-refractivity contribution in [3.8, 4) is 0 Å². The number of anilines is 1. The lowest BCUT2D eigenvalue weighted by Gasteiger charge is -2.22. The summed E-state index contributed by atoms with van der Waals surface area (Å²) in [6.45, 7) is 8.45. The number of carboxylic acids is 1. The number of amides is 1. The molecule has 1 unspecified atom stereocenters. The van der Waals surface area contributed by atoms with Gasteiger partial charge in [0.25, 0.3) is 0 Å². The van der Waals surface area contributed by atoms with Crippen LogP contribution in [0.25, 0.3) is 0 Å². The van der Waals surface area contributed by atoms with Crippen molar-refractivity contribution in [3.63, 3.8) is 0 Å². The average Bonchev–Trinajstić information content (AvgIpc) is 2.28. The Hall–Kier alpha value is -1.55. The van der Waals surface area contributed by atoms with Gasteiger partial charge in [-0.1, -0.05) is 39.3 Å². The number of nitrogens with one attached hydrogen (secondary N) is 1. The van der Waals surface area contributed by atoms with Crippen molar-refractivity contribution < 1.29 is 14.7 Å². The van der Waals surface area contributed by atoms with Crippen molar-refractivity contribution in [2.24, 2.45) is 11.3 Å². The van der Waals surface area contributed by atoms with Gasteiger partial charge >= 0.3 is 5.97 Å². The monoisotopic (exact) mass is 311 g/mol. The van der Waals surface area contributed by atoms with Crippen LogP contribution in [0.5, 0.6) is 0 Å². The number of rotatable bonds is 5. The molecule has 0 fully saturated rings. The lowest BCUT2D eigenvalue weighted by molar-refractivity contribution is -0.117. The lowest BCUT2D eigenvalue weighted by Crippen LogP contribution is -2.19. The molecule has 0 bridgehead atoms. The summed E-state index contributed by atoms with van der Waals surface area (Å²) in [5.74, 6) is -0.973. The molecule has 2 N–H and O–H groups in total. The number of hydrogen-bond donors (Lipinski definition) is 2. The minimum atomic E-state index is -1.11. The first kappa shape index (κ1) is 17.5. The van der Waals surface area contributed by atoms with E-state index >= 15 is 0 Å². The molecule has 0 spiro atoms. The standard InChI is InChI=1S/C16H22ClNO3/c1-10(9-16(2,3)4)7-14(19)18-11-5-6-13(17)12(8-11)15(20)21/h5-6,8,10H,7,9H2,1-4H3,(H,18,19)(H,20,21). The molecule has 1 rings (SSSR count). The summed E-state index contributed by atoms with van der Waals surface area (Å²) < 4.78 is 0. The zero-order valence-electron chi connectivity index (χ0n) is 12.9. The molecule has 116 valence electrons. The first-order valence-corrected chi connectivity index (χ1v) is 7.29. The summed E-state index contributed by atoms with van der Waals surface area (Å²) >= 11 is 5.79. The van der Waals surface area contributed by atoms with Gasteiger partial charge < -0.3 is 10.4 Å². The van der Waals surface area contributed by atoms with Crippen LogP contribution in [0.2, 0.25) is 5.02 Å². The van der Waals surface area contributed by atoms with Crippen LogP contribution in [0.3, 0.4) is 0 Å². The zero-order chi connectivity index (χ0) is 16.2.